The van der Waals surface area contributed by atoms with Crippen LogP contribution in [0.5, 0.6) is 0 Å². The molecule has 0 bridgehead atoms. The molecular formula is C28H29ClN4O2S. The van der Waals surface area contributed by atoms with E-state index in [4.69, 9.17) is 21.3 Å². The predicted octanol–water partition coefficient (Wildman–Crippen LogP) is 5.59. The van der Waals surface area contributed by atoms with E-state index in [1.807, 2.05) is 43.3 Å². The first kappa shape index (κ1) is 24.8. The number of aryl methyl sites for hydroxylation is 1. The first-order valence-corrected chi connectivity index (χ1v) is 13.5. The Kier molecular flexibility index (Phi) is 7.92. The second-order valence-electron chi connectivity index (χ2n) is 8.91. The van der Waals surface area contributed by atoms with Gasteiger partial charge in [0.2, 0.25) is 5.91 Å². The topological polar surface area (TPSA) is 59.4 Å². The molecule has 6 nitrogen and oxygen atoms in total. The molecule has 1 N–H and O–H groups in total. The number of amides is 1. The van der Waals surface area contributed by atoms with Crippen molar-refractivity contribution in [1.29, 1.82) is 0 Å². The minimum absolute atomic E-state index is 0.122. The molecule has 0 unspecified atom stereocenters. The van der Waals surface area contributed by atoms with Crippen LogP contribution in [0.4, 0.5) is 5.69 Å². The predicted molar refractivity (Wildman–Crippen MR) is 148 cm³/mol. The van der Waals surface area contributed by atoms with Gasteiger partial charge in [-0.2, -0.15) is 0 Å². The normalized spacial score (nSPS) is 14.3. The number of rotatable bonds is 8. The van der Waals surface area contributed by atoms with E-state index in [-0.39, 0.29) is 11.7 Å². The lowest BCUT2D eigenvalue weighted by Crippen LogP contribution is -2.37. The van der Waals surface area contributed by atoms with Crippen LogP contribution in [0.2, 0.25) is 5.02 Å². The SMILES string of the molecule is Cc1ccc(NC(=O)CSc2nc3ccccc3n2-c2cccc(CCN3CCOCC3)c2)c(Cl)c1. The number of nitrogens with one attached hydrogen (secondary N) is 1. The molecule has 0 radical (unpaired) electrons. The highest BCUT2D eigenvalue weighted by molar-refractivity contribution is 7.99. The Morgan fingerprint density at radius 3 is 2.75 bits per heavy atom. The summed E-state index contributed by atoms with van der Waals surface area (Å²) in [7, 11) is 0. The maximum Gasteiger partial charge on any atom is 0.234 e. The number of morpholine rings is 1. The van der Waals surface area contributed by atoms with Gasteiger partial charge in [0.15, 0.2) is 5.16 Å². The number of anilines is 1. The van der Waals surface area contributed by atoms with Crippen LogP contribution in [0.1, 0.15) is 11.1 Å². The van der Waals surface area contributed by atoms with Gasteiger partial charge in [0.25, 0.3) is 0 Å². The van der Waals surface area contributed by atoms with Crippen LogP contribution in [-0.2, 0) is 16.0 Å². The lowest BCUT2D eigenvalue weighted by atomic mass is 10.1. The van der Waals surface area contributed by atoms with Gasteiger partial charge in [0.1, 0.15) is 0 Å². The fourth-order valence-electron chi connectivity index (χ4n) is 4.35. The number of hydrogen-bond donors (Lipinski definition) is 1. The van der Waals surface area contributed by atoms with Crippen molar-refractivity contribution in [3.63, 3.8) is 0 Å². The Hall–Kier alpha value is -2.84. The summed E-state index contributed by atoms with van der Waals surface area (Å²) < 4.78 is 7.61. The summed E-state index contributed by atoms with van der Waals surface area (Å²) in [4.78, 5) is 20.0. The Morgan fingerprint density at radius 1 is 1.08 bits per heavy atom. The van der Waals surface area contributed by atoms with Crippen LogP contribution in [0, 0.1) is 6.92 Å². The summed E-state index contributed by atoms with van der Waals surface area (Å²) in [6.45, 7) is 6.58. The zero-order valence-corrected chi connectivity index (χ0v) is 21.8. The molecule has 0 atom stereocenters. The number of nitrogens with zero attached hydrogens (tertiary/aromatic N) is 3. The number of imidazole rings is 1. The lowest BCUT2D eigenvalue weighted by molar-refractivity contribution is -0.113. The molecule has 3 aromatic carbocycles. The van der Waals surface area contributed by atoms with Crippen molar-refractivity contribution >= 4 is 46.0 Å². The van der Waals surface area contributed by atoms with Gasteiger partial charge in [-0.1, -0.05) is 53.7 Å². The summed E-state index contributed by atoms with van der Waals surface area (Å²) in [5, 5.41) is 4.24. The molecule has 0 spiro atoms. The monoisotopic (exact) mass is 520 g/mol. The Bertz CT molecular complexity index is 1370. The molecule has 2 heterocycles. The quantitative estimate of drug-likeness (QED) is 0.307. The molecular weight excluding hydrogens is 492 g/mol. The van der Waals surface area contributed by atoms with Gasteiger partial charge in [-0.05, 0) is 60.9 Å². The van der Waals surface area contributed by atoms with Gasteiger partial charge in [-0.3, -0.25) is 14.3 Å². The molecule has 186 valence electrons. The Balaban J connectivity index is 1.34. The minimum atomic E-state index is -0.122. The number of hydrogen-bond acceptors (Lipinski definition) is 5. The zero-order valence-electron chi connectivity index (χ0n) is 20.2. The first-order valence-electron chi connectivity index (χ1n) is 12.1. The molecule has 0 saturated carbocycles. The highest BCUT2D eigenvalue weighted by Gasteiger charge is 2.16. The second kappa shape index (κ2) is 11.5. The molecule has 5 rings (SSSR count). The van der Waals surface area contributed by atoms with Gasteiger partial charge in [-0.25, -0.2) is 4.98 Å². The van der Waals surface area contributed by atoms with Gasteiger partial charge in [0, 0.05) is 25.3 Å². The number of benzene rings is 3. The molecule has 1 fully saturated rings. The molecule has 1 saturated heterocycles. The smallest absolute Gasteiger partial charge is 0.234 e. The molecule has 1 aromatic heterocycles. The number of thioether (sulfide) groups is 1. The van der Waals surface area contributed by atoms with E-state index >= 15 is 0 Å². The third kappa shape index (κ3) is 5.93. The van der Waals surface area contributed by atoms with Crippen molar-refractivity contribution < 1.29 is 9.53 Å². The Labute approximate surface area is 220 Å². The largest absolute Gasteiger partial charge is 0.379 e. The van der Waals surface area contributed by atoms with E-state index in [0.717, 1.165) is 66.7 Å². The van der Waals surface area contributed by atoms with Crippen LogP contribution in [0.25, 0.3) is 16.7 Å². The highest BCUT2D eigenvalue weighted by Crippen LogP contribution is 2.29. The maximum absolute atomic E-state index is 12.7. The standard InChI is InChI=1S/C28H29ClN4O2S/c1-20-9-10-24(23(29)17-20)30-27(34)19-36-28-31-25-7-2-3-8-26(25)33(28)22-6-4-5-21(18-22)11-12-32-13-15-35-16-14-32/h2-10,17-18H,11-16,19H2,1H3,(H,30,34). The third-order valence-corrected chi connectivity index (χ3v) is 7.50. The fourth-order valence-corrected chi connectivity index (χ4v) is 5.46. The number of fused-ring (bicyclic) bond motifs is 1. The summed E-state index contributed by atoms with van der Waals surface area (Å²) in [5.41, 5.74) is 5.92. The van der Waals surface area contributed by atoms with Gasteiger partial charge in [0.05, 0.1) is 40.7 Å². The number of carbonyl (C=O) groups excluding carboxylic acids is 1. The van der Waals surface area contributed by atoms with Gasteiger partial charge >= 0.3 is 0 Å². The summed E-state index contributed by atoms with van der Waals surface area (Å²) >= 11 is 7.71. The van der Waals surface area contributed by atoms with Crippen molar-refractivity contribution in [3.8, 4) is 5.69 Å². The zero-order chi connectivity index (χ0) is 24.9. The molecule has 36 heavy (non-hydrogen) atoms. The van der Waals surface area contributed by atoms with Crippen LogP contribution >= 0.6 is 23.4 Å². The maximum atomic E-state index is 12.7. The molecule has 0 aliphatic carbocycles. The van der Waals surface area contributed by atoms with Crippen molar-refractivity contribution in [2.75, 3.05) is 43.9 Å². The molecule has 4 aromatic rings. The van der Waals surface area contributed by atoms with Crippen molar-refractivity contribution in [3.05, 3.63) is 82.9 Å². The van der Waals surface area contributed by atoms with Crippen LogP contribution in [0.15, 0.2) is 71.9 Å². The summed E-state index contributed by atoms with van der Waals surface area (Å²) in [6.07, 6.45) is 0.975. The van der Waals surface area contributed by atoms with Crippen molar-refractivity contribution in [2.24, 2.45) is 0 Å². The van der Waals surface area contributed by atoms with Gasteiger partial charge < -0.3 is 10.1 Å². The number of halogens is 1. The second-order valence-corrected chi connectivity index (χ2v) is 10.3. The van der Waals surface area contributed by atoms with Crippen molar-refractivity contribution in [1.82, 2.24) is 14.5 Å². The molecule has 1 aliphatic heterocycles. The first-order chi connectivity index (χ1) is 17.6. The van der Waals surface area contributed by atoms with Crippen LogP contribution in [0.3, 0.4) is 0 Å². The average Bonchev–Trinajstić information content (AvgIpc) is 3.27. The van der Waals surface area contributed by atoms with E-state index < -0.39 is 0 Å². The number of carbonyl (C=O) groups is 1. The molecule has 1 aliphatic rings. The molecule has 8 heteroatoms. The summed E-state index contributed by atoms with van der Waals surface area (Å²) in [5.74, 6) is 0.105. The third-order valence-electron chi connectivity index (χ3n) is 6.25. The lowest BCUT2D eigenvalue weighted by Gasteiger charge is -2.26. The van der Waals surface area contributed by atoms with Crippen molar-refractivity contribution in [2.45, 2.75) is 18.5 Å². The fraction of sp³-hybridized carbons (Fsp3) is 0.286. The molecule has 1 amide bonds. The summed E-state index contributed by atoms with van der Waals surface area (Å²) in [6, 6.07) is 22.3. The number of para-hydroxylation sites is 2. The van der Waals surface area contributed by atoms with E-state index in [1.165, 1.54) is 17.3 Å². The highest BCUT2D eigenvalue weighted by atomic mass is 35.5. The van der Waals surface area contributed by atoms with E-state index in [2.05, 4.69) is 45.1 Å². The van der Waals surface area contributed by atoms with Crippen LogP contribution < -0.4 is 5.32 Å². The van der Waals surface area contributed by atoms with E-state index in [0.29, 0.717) is 10.7 Å². The van der Waals surface area contributed by atoms with Gasteiger partial charge in [-0.15, -0.1) is 0 Å². The van der Waals surface area contributed by atoms with Crippen LogP contribution in [-0.4, -0.2) is 59.0 Å². The minimum Gasteiger partial charge on any atom is -0.379 e. The Morgan fingerprint density at radius 2 is 1.92 bits per heavy atom. The van der Waals surface area contributed by atoms with E-state index in [9.17, 15) is 4.79 Å². The average molecular weight is 521 g/mol. The number of ether oxygens (including phenoxy) is 1. The van der Waals surface area contributed by atoms with E-state index in [1.54, 1.807) is 0 Å². The number of aromatic nitrogens is 2.